The van der Waals surface area contributed by atoms with Crippen LogP contribution in [0.2, 0.25) is 0 Å². The van der Waals surface area contributed by atoms with Gasteiger partial charge >= 0.3 is 0 Å². The van der Waals surface area contributed by atoms with E-state index in [1.54, 1.807) is 0 Å². The van der Waals surface area contributed by atoms with Crippen LogP contribution in [0.1, 0.15) is 11.4 Å². The van der Waals surface area contributed by atoms with Crippen LogP contribution in [0.5, 0.6) is 0 Å². The number of nitrogens with one attached hydrogen (secondary N) is 2. The molecule has 0 atom stereocenters. The molecule has 4 N–H and O–H groups in total. The predicted octanol–water partition coefficient (Wildman–Crippen LogP) is -0.434. The van der Waals surface area contributed by atoms with Crippen molar-refractivity contribution in [2.75, 3.05) is 0 Å². The second kappa shape index (κ2) is 4.20. The molecule has 0 spiro atoms. The summed E-state index contributed by atoms with van der Waals surface area (Å²) < 4.78 is 1.81. The zero-order valence-electron chi connectivity index (χ0n) is 7.66. The summed E-state index contributed by atoms with van der Waals surface area (Å²) in [7, 11) is 1.89. The van der Waals surface area contributed by atoms with E-state index in [1.165, 1.54) is 0 Å². The molecule has 1 rings (SSSR count). The first-order valence-electron chi connectivity index (χ1n) is 3.87. The molecule has 0 saturated heterocycles. The quantitative estimate of drug-likeness (QED) is 0.342. The molecule has 0 bridgehead atoms. The maximum atomic E-state index is 5.10. The van der Waals surface area contributed by atoms with Crippen LogP contribution in [0.15, 0.2) is 6.07 Å². The second-order valence-corrected chi connectivity index (χ2v) is 3.14. The van der Waals surface area contributed by atoms with Crippen molar-refractivity contribution >= 4 is 17.3 Å². The molecule has 6 heteroatoms. The molecule has 72 valence electrons. The topological polar surface area (TPSA) is 67.9 Å². The maximum absolute atomic E-state index is 5.10. The summed E-state index contributed by atoms with van der Waals surface area (Å²) in [6.07, 6.45) is 0. The molecule has 0 radical (unpaired) electrons. The van der Waals surface area contributed by atoms with Crippen molar-refractivity contribution in [2.45, 2.75) is 13.5 Å². The van der Waals surface area contributed by atoms with E-state index in [0.717, 1.165) is 11.4 Å². The van der Waals surface area contributed by atoms with Gasteiger partial charge in [-0.3, -0.25) is 4.68 Å². The summed E-state index contributed by atoms with van der Waals surface area (Å²) in [6, 6.07) is 1.99. The Morgan fingerprint density at radius 3 is 2.92 bits per heavy atom. The van der Waals surface area contributed by atoms with Gasteiger partial charge in [0, 0.05) is 7.05 Å². The van der Waals surface area contributed by atoms with Crippen LogP contribution >= 0.6 is 12.2 Å². The molecule has 0 saturated carbocycles. The van der Waals surface area contributed by atoms with Crippen molar-refractivity contribution in [3.8, 4) is 0 Å². The third kappa shape index (κ3) is 2.67. The summed E-state index contributed by atoms with van der Waals surface area (Å²) in [5.74, 6) is 5.10. The van der Waals surface area contributed by atoms with Crippen LogP contribution in [0.25, 0.3) is 0 Å². The van der Waals surface area contributed by atoms with Gasteiger partial charge in [0.2, 0.25) is 0 Å². The minimum absolute atomic E-state index is 0.429. The van der Waals surface area contributed by atoms with Gasteiger partial charge in [0.25, 0.3) is 0 Å². The Labute approximate surface area is 82.3 Å². The number of thiocarbonyl (C=S) groups is 1. The molecule has 0 aliphatic carbocycles. The lowest BCUT2D eigenvalue weighted by Crippen LogP contribution is -2.39. The van der Waals surface area contributed by atoms with Gasteiger partial charge < -0.3 is 10.7 Å². The summed E-state index contributed by atoms with van der Waals surface area (Å²) in [5.41, 5.74) is 4.41. The fourth-order valence-electron chi connectivity index (χ4n) is 1.05. The maximum Gasteiger partial charge on any atom is 0.180 e. The number of hydrogen-bond donors (Lipinski definition) is 3. The molecule has 0 aliphatic rings. The Morgan fingerprint density at radius 1 is 1.77 bits per heavy atom. The third-order valence-electron chi connectivity index (χ3n) is 1.66. The van der Waals surface area contributed by atoms with Gasteiger partial charge in [0.1, 0.15) is 0 Å². The second-order valence-electron chi connectivity index (χ2n) is 2.73. The van der Waals surface area contributed by atoms with E-state index in [1.807, 2.05) is 24.7 Å². The lowest BCUT2D eigenvalue weighted by atomic mass is 10.4. The van der Waals surface area contributed by atoms with Crippen molar-refractivity contribution in [1.29, 1.82) is 0 Å². The van der Waals surface area contributed by atoms with E-state index in [2.05, 4.69) is 15.8 Å². The Balaban J connectivity index is 2.54. The highest BCUT2D eigenvalue weighted by Crippen LogP contribution is 2.00. The SMILES string of the molecule is Cc1cc(CNC(=S)NN)n(C)n1. The number of hydrogen-bond acceptors (Lipinski definition) is 3. The average molecular weight is 199 g/mol. The van der Waals surface area contributed by atoms with Crippen LogP contribution in [-0.2, 0) is 13.6 Å². The zero-order valence-corrected chi connectivity index (χ0v) is 8.48. The average Bonchev–Trinajstić information content (AvgIpc) is 2.41. The molecule has 0 amide bonds. The lowest BCUT2D eigenvalue weighted by molar-refractivity contribution is 0.685. The normalized spacial score (nSPS) is 9.77. The predicted molar refractivity (Wildman–Crippen MR) is 54.7 cm³/mol. The Bertz CT molecular complexity index is 306. The number of nitrogens with two attached hydrogens (primary N) is 1. The first kappa shape index (κ1) is 9.94. The van der Waals surface area contributed by atoms with Crippen molar-refractivity contribution in [3.05, 3.63) is 17.5 Å². The molecular weight excluding hydrogens is 186 g/mol. The minimum Gasteiger partial charge on any atom is -0.356 e. The molecule has 1 aromatic heterocycles. The molecule has 0 aromatic carbocycles. The van der Waals surface area contributed by atoms with Gasteiger partial charge in [-0.25, -0.2) is 5.84 Å². The largest absolute Gasteiger partial charge is 0.356 e. The number of hydrazine groups is 1. The van der Waals surface area contributed by atoms with Crippen LogP contribution in [0.3, 0.4) is 0 Å². The monoisotopic (exact) mass is 199 g/mol. The minimum atomic E-state index is 0.429. The van der Waals surface area contributed by atoms with E-state index in [-0.39, 0.29) is 0 Å². The fraction of sp³-hybridized carbons (Fsp3) is 0.429. The van der Waals surface area contributed by atoms with Gasteiger partial charge in [-0.15, -0.1) is 0 Å². The number of aryl methyl sites for hydroxylation is 2. The highest BCUT2D eigenvalue weighted by Gasteiger charge is 2.01. The van der Waals surface area contributed by atoms with E-state index < -0.39 is 0 Å². The molecular formula is C7H13N5S. The van der Waals surface area contributed by atoms with Crippen LogP contribution in [0, 0.1) is 6.92 Å². The van der Waals surface area contributed by atoms with Crippen molar-refractivity contribution in [3.63, 3.8) is 0 Å². The van der Waals surface area contributed by atoms with E-state index >= 15 is 0 Å². The van der Waals surface area contributed by atoms with Crippen molar-refractivity contribution < 1.29 is 0 Å². The molecule has 0 aliphatic heterocycles. The number of nitrogens with zero attached hydrogens (tertiary/aromatic N) is 2. The Morgan fingerprint density at radius 2 is 2.46 bits per heavy atom. The number of rotatable bonds is 2. The Kier molecular flexibility index (Phi) is 3.21. The van der Waals surface area contributed by atoms with Crippen LogP contribution in [0.4, 0.5) is 0 Å². The Hall–Kier alpha value is -1.14. The third-order valence-corrected chi connectivity index (χ3v) is 1.92. The van der Waals surface area contributed by atoms with Crippen LogP contribution in [-0.4, -0.2) is 14.9 Å². The summed E-state index contributed by atoms with van der Waals surface area (Å²) >= 11 is 4.83. The van der Waals surface area contributed by atoms with Gasteiger partial charge in [0.15, 0.2) is 5.11 Å². The van der Waals surface area contributed by atoms with Crippen molar-refractivity contribution in [1.82, 2.24) is 20.5 Å². The van der Waals surface area contributed by atoms with Gasteiger partial charge in [-0.05, 0) is 25.2 Å². The fourth-order valence-corrected chi connectivity index (χ4v) is 1.12. The first-order chi connectivity index (χ1) is 6.13. The molecule has 13 heavy (non-hydrogen) atoms. The first-order valence-corrected chi connectivity index (χ1v) is 4.28. The molecule has 0 fully saturated rings. The van der Waals surface area contributed by atoms with E-state index in [0.29, 0.717) is 11.7 Å². The van der Waals surface area contributed by atoms with Gasteiger partial charge in [0.05, 0.1) is 17.9 Å². The highest BCUT2D eigenvalue weighted by atomic mass is 32.1. The van der Waals surface area contributed by atoms with E-state index in [9.17, 15) is 0 Å². The van der Waals surface area contributed by atoms with E-state index in [4.69, 9.17) is 18.1 Å². The van der Waals surface area contributed by atoms with Gasteiger partial charge in [-0.1, -0.05) is 0 Å². The number of aromatic nitrogens is 2. The molecule has 5 nitrogen and oxygen atoms in total. The zero-order chi connectivity index (χ0) is 9.84. The van der Waals surface area contributed by atoms with Gasteiger partial charge in [-0.2, -0.15) is 5.10 Å². The summed E-state index contributed by atoms with van der Waals surface area (Å²) in [6.45, 7) is 2.57. The lowest BCUT2D eigenvalue weighted by Gasteiger charge is -2.06. The van der Waals surface area contributed by atoms with Crippen LogP contribution < -0.4 is 16.6 Å². The summed E-state index contributed by atoms with van der Waals surface area (Å²) in [5, 5.41) is 7.56. The summed E-state index contributed by atoms with van der Waals surface area (Å²) in [4.78, 5) is 0. The highest BCUT2D eigenvalue weighted by molar-refractivity contribution is 7.80. The molecule has 1 aromatic rings. The molecule has 0 unspecified atom stereocenters. The molecule has 1 heterocycles. The standard InChI is InChI=1S/C7H13N5S/c1-5-3-6(12(2)11-5)4-9-7(13)10-8/h3H,4,8H2,1-2H3,(H2,9,10,13). The smallest absolute Gasteiger partial charge is 0.180 e. The van der Waals surface area contributed by atoms with Crippen molar-refractivity contribution in [2.24, 2.45) is 12.9 Å².